The van der Waals surface area contributed by atoms with Gasteiger partial charge in [0.15, 0.2) is 0 Å². The number of nitrogens with zero attached hydrogens (tertiary/aromatic N) is 1. The van der Waals surface area contributed by atoms with Crippen molar-refractivity contribution in [1.29, 1.82) is 0 Å². The SMILES string of the molecule is CCNC(=O)CN(CC)C(=O)C1Cc2ccccc2S1. The van der Waals surface area contributed by atoms with E-state index in [1.54, 1.807) is 16.7 Å². The molecule has 0 fully saturated rings. The molecule has 1 unspecified atom stereocenters. The molecule has 0 radical (unpaired) electrons. The van der Waals surface area contributed by atoms with E-state index in [4.69, 9.17) is 0 Å². The summed E-state index contributed by atoms with van der Waals surface area (Å²) in [5, 5.41) is 2.64. The second-order valence-electron chi connectivity index (χ2n) is 4.72. The number of hydrogen-bond acceptors (Lipinski definition) is 3. The molecule has 0 bridgehead atoms. The number of hydrogen-bond donors (Lipinski definition) is 1. The molecule has 1 aromatic carbocycles. The van der Waals surface area contributed by atoms with E-state index in [0.29, 0.717) is 13.1 Å². The average Bonchev–Trinajstić information content (AvgIpc) is 2.88. The maximum atomic E-state index is 12.5. The highest BCUT2D eigenvalue weighted by Crippen LogP contribution is 2.37. The van der Waals surface area contributed by atoms with Crippen LogP contribution in [0, 0.1) is 0 Å². The van der Waals surface area contributed by atoms with Crippen molar-refractivity contribution in [3.8, 4) is 0 Å². The number of thioether (sulfide) groups is 1. The van der Waals surface area contributed by atoms with Gasteiger partial charge in [0.05, 0.1) is 11.8 Å². The van der Waals surface area contributed by atoms with E-state index in [1.165, 1.54) is 10.5 Å². The van der Waals surface area contributed by atoms with E-state index in [2.05, 4.69) is 11.4 Å². The summed E-state index contributed by atoms with van der Waals surface area (Å²) in [4.78, 5) is 27.0. The van der Waals surface area contributed by atoms with Crippen molar-refractivity contribution in [2.45, 2.75) is 30.4 Å². The van der Waals surface area contributed by atoms with E-state index in [9.17, 15) is 9.59 Å². The third kappa shape index (κ3) is 3.33. The summed E-state index contributed by atoms with van der Waals surface area (Å²) < 4.78 is 0. The van der Waals surface area contributed by atoms with Crippen LogP contribution in [0.15, 0.2) is 29.2 Å². The Balaban J connectivity index is 1.99. The molecule has 0 aromatic heterocycles. The van der Waals surface area contributed by atoms with Gasteiger partial charge in [-0.1, -0.05) is 18.2 Å². The zero-order valence-corrected chi connectivity index (χ0v) is 12.7. The maximum absolute atomic E-state index is 12.5. The van der Waals surface area contributed by atoms with Crippen LogP contribution >= 0.6 is 11.8 Å². The van der Waals surface area contributed by atoms with Crippen molar-refractivity contribution in [3.05, 3.63) is 29.8 Å². The van der Waals surface area contributed by atoms with Crippen LogP contribution in [0.5, 0.6) is 0 Å². The molecule has 2 rings (SSSR count). The molecule has 1 aromatic rings. The van der Waals surface area contributed by atoms with E-state index in [1.807, 2.05) is 32.0 Å². The lowest BCUT2D eigenvalue weighted by molar-refractivity contribution is -0.135. The van der Waals surface area contributed by atoms with Crippen LogP contribution in [0.2, 0.25) is 0 Å². The number of fused-ring (bicyclic) bond motifs is 1. The Morgan fingerprint density at radius 1 is 1.35 bits per heavy atom. The summed E-state index contributed by atoms with van der Waals surface area (Å²) in [5.41, 5.74) is 1.23. The second-order valence-corrected chi connectivity index (χ2v) is 5.97. The monoisotopic (exact) mass is 292 g/mol. The van der Waals surface area contributed by atoms with E-state index in [0.717, 1.165) is 6.42 Å². The van der Waals surface area contributed by atoms with Crippen molar-refractivity contribution in [2.75, 3.05) is 19.6 Å². The van der Waals surface area contributed by atoms with Crippen LogP contribution in [0.25, 0.3) is 0 Å². The molecule has 1 aliphatic heterocycles. The third-order valence-corrected chi connectivity index (χ3v) is 4.63. The number of nitrogens with one attached hydrogen (secondary N) is 1. The molecule has 0 aliphatic carbocycles. The Labute approximate surface area is 123 Å². The van der Waals surface area contributed by atoms with Gasteiger partial charge >= 0.3 is 0 Å². The summed E-state index contributed by atoms with van der Waals surface area (Å²) in [5.74, 6) is -0.0387. The predicted octanol–water partition coefficient (Wildman–Crippen LogP) is 1.69. The van der Waals surface area contributed by atoms with Crippen molar-refractivity contribution in [3.63, 3.8) is 0 Å². The first-order chi connectivity index (χ1) is 9.65. The molecule has 1 heterocycles. The van der Waals surface area contributed by atoms with Gasteiger partial charge in [0.1, 0.15) is 0 Å². The molecule has 0 saturated heterocycles. The van der Waals surface area contributed by atoms with Gasteiger partial charge in [0, 0.05) is 18.0 Å². The van der Waals surface area contributed by atoms with E-state index in [-0.39, 0.29) is 23.6 Å². The van der Waals surface area contributed by atoms with Crippen molar-refractivity contribution >= 4 is 23.6 Å². The van der Waals surface area contributed by atoms with Crippen LogP contribution in [0.1, 0.15) is 19.4 Å². The quantitative estimate of drug-likeness (QED) is 0.898. The van der Waals surface area contributed by atoms with Gasteiger partial charge in [-0.3, -0.25) is 9.59 Å². The van der Waals surface area contributed by atoms with E-state index < -0.39 is 0 Å². The van der Waals surface area contributed by atoms with Crippen LogP contribution in [0.3, 0.4) is 0 Å². The van der Waals surface area contributed by atoms with Gasteiger partial charge in [-0.25, -0.2) is 0 Å². The van der Waals surface area contributed by atoms with Gasteiger partial charge in [0.2, 0.25) is 11.8 Å². The highest BCUT2D eigenvalue weighted by molar-refractivity contribution is 8.01. The Hall–Kier alpha value is -1.49. The normalized spacial score (nSPS) is 16.6. The van der Waals surface area contributed by atoms with Crippen LogP contribution in [0.4, 0.5) is 0 Å². The molecule has 2 amide bonds. The predicted molar refractivity (Wildman–Crippen MR) is 80.7 cm³/mol. The van der Waals surface area contributed by atoms with Crippen LogP contribution in [-0.2, 0) is 16.0 Å². The molecule has 20 heavy (non-hydrogen) atoms. The zero-order valence-electron chi connectivity index (χ0n) is 11.9. The smallest absolute Gasteiger partial charge is 0.239 e. The molecule has 4 nitrogen and oxygen atoms in total. The molecule has 5 heteroatoms. The highest BCUT2D eigenvalue weighted by Gasteiger charge is 2.31. The molecule has 0 spiro atoms. The summed E-state index contributed by atoms with van der Waals surface area (Å²) in [6.45, 7) is 5.08. The molecule has 108 valence electrons. The fraction of sp³-hybridized carbons (Fsp3) is 0.467. The highest BCUT2D eigenvalue weighted by atomic mass is 32.2. The first-order valence-corrected chi connectivity index (χ1v) is 7.83. The number of rotatable bonds is 5. The second kappa shape index (κ2) is 6.79. The number of benzene rings is 1. The first kappa shape index (κ1) is 14.9. The molecular weight excluding hydrogens is 272 g/mol. The average molecular weight is 292 g/mol. The van der Waals surface area contributed by atoms with Crippen LogP contribution < -0.4 is 5.32 Å². The fourth-order valence-corrected chi connectivity index (χ4v) is 3.57. The van der Waals surface area contributed by atoms with E-state index >= 15 is 0 Å². The summed E-state index contributed by atoms with van der Waals surface area (Å²) in [6.07, 6.45) is 0.756. The number of carbonyl (C=O) groups is 2. The van der Waals surface area contributed by atoms with Crippen molar-refractivity contribution < 1.29 is 9.59 Å². The first-order valence-electron chi connectivity index (χ1n) is 6.95. The minimum absolute atomic E-state index is 0.0555. The lowest BCUT2D eigenvalue weighted by Crippen LogP contribution is -2.44. The van der Waals surface area contributed by atoms with Gasteiger partial charge in [-0.15, -0.1) is 11.8 Å². The largest absolute Gasteiger partial charge is 0.355 e. The van der Waals surface area contributed by atoms with Gasteiger partial charge < -0.3 is 10.2 Å². The Morgan fingerprint density at radius 2 is 2.10 bits per heavy atom. The van der Waals surface area contributed by atoms with Crippen LogP contribution in [-0.4, -0.2) is 41.6 Å². The van der Waals surface area contributed by atoms with Crippen molar-refractivity contribution in [2.24, 2.45) is 0 Å². The summed E-state index contributed by atoms with van der Waals surface area (Å²) in [7, 11) is 0. The molecule has 1 atom stereocenters. The Morgan fingerprint density at radius 3 is 2.75 bits per heavy atom. The molecule has 1 aliphatic rings. The summed E-state index contributed by atoms with van der Waals surface area (Å²) in [6, 6.07) is 8.10. The zero-order chi connectivity index (χ0) is 14.5. The molecule has 1 N–H and O–H groups in total. The third-order valence-electron chi connectivity index (χ3n) is 3.32. The number of amides is 2. The van der Waals surface area contributed by atoms with Gasteiger partial charge in [-0.05, 0) is 31.9 Å². The summed E-state index contributed by atoms with van der Waals surface area (Å²) >= 11 is 1.61. The molecular formula is C15H20N2O2S. The van der Waals surface area contributed by atoms with Gasteiger partial charge in [0.25, 0.3) is 0 Å². The molecule has 0 saturated carbocycles. The number of carbonyl (C=O) groups excluding carboxylic acids is 2. The Bertz CT molecular complexity index is 479. The standard InChI is InChI=1S/C15H20N2O2S/c1-3-16-14(18)10-17(4-2)15(19)13-9-11-7-5-6-8-12(11)20-13/h5-8,13H,3-4,9-10H2,1-2H3,(H,16,18). The lowest BCUT2D eigenvalue weighted by Gasteiger charge is -2.23. The Kier molecular flexibility index (Phi) is 5.06. The fourth-order valence-electron chi connectivity index (χ4n) is 2.30. The minimum atomic E-state index is -0.0956. The van der Waals surface area contributed by atoms with Crippen molar-refractivity contribution in [1.82, 2.24) is 10.2 Å². The number of likely N-dealkylation sites (N-methyl/N-ethyl adjacent to an activating group) is 2. The maximum Gasteiger partial charge on any atom is 0.239 e. The topological polar surface area (TPSA) is 49.4 Å². The van der Waals surface area contributed by atoms with Gasteiger partial charge in [-0.2, -0.15) is 0 Å². The lowest BCUT2D eigenvalue weighted by atomic mass is 10.1. The minimum Gasteiger partial charge on any atom is -0.355 e.